The summed E-state index contributed by atoms with van der Waals surface area (Å²) >= 11 is 3.84. The Kier molecular flexibility index (Phi) is 24.1. The zero-order valence-corrected chi connectivity index (χ0v) is 59.0. The standard InChI is InChI=1S/C73H88N12O4S4/c1-69(2)33-49(53(41-74)61(37-69)82-21-9-10-22-82)57(45-78)65(86)90-29-17-73(18-30-91-66(87)58(46-79)50-34-70(3,4)38-62(54(50)42-75)83-23-11-12-24-83,19-31-92-67(88)59(47-80)51-35-71(5,6)39-63(55(51)43-76)84-25-13-14-26-84)20-32-93-68(89)60(48-81)52-36-72(7,8)40-64(56(52)44-77)85-27-15-16-28-85/h9-40H2,1-8H3/b57-49-,58-50+,59-51+,60-52+. The second-order valence-corrected chi connectivity index (χ2v) is 33.8. The maximum absolute atomic E-state index is 14.8. The van der Waals surface area contributed by atoms with Gasteiger partial charge in [0.2, 0.25) is 20.5 Å². The quantitative estimate of drug-likeness (QED) is 0.0809. The number of carbonyl (C=O) groups excluding carboxylic acids is 4. The van der Waals surface area contributed by atoms with E-state index >= 15 is 0 Å². The van der Waals surface area contributed by atoms with E-state index in [1.54, 1.807) is 0 Å². The molecule has 0 aromatic rings. The predicted molar refractivity (Wildman–Crippen MR) is 367 cm³/mol. The molecule has 0 amide bonds. The number of nitriles is 8. The first kappa shape index (κ1) is 72.0. The highest BCUT2D eigenvalue weighted by molar-refractivity contribution is 8.15. The molecule has 0 unspecified atom stereocenters. The molecule has 0 aromatic heterocycles. The lowest BCUT2D eigenvalue weighted by atomic mass is 9.72. The third kappa shape index (κ3) is 17.2. The van der Waals surface area contributed by atoms with E-state index in [0.717, 1.165) is 174 Å². The van der Waals surface area contributed by atoms with Crippen molar-refractivity contribution in [3.05, 3.63) is 89.7 Å². The first-order valence-corrected chi connectivity index (χ1v) is 37.0. The highest BCUT2D eigenvalue weighted by atomic mass is 32.2. The minimum atomic E-state index is -0.886. The van der Waals surface area contributed by atoms with Crippen LogP contribution in [0.5, 0.6) is 0 Å². The summed E-state index contributed by atoms with van der Waals surface area (Å²) in [5, 5.41) is 84.5. The van der Waals surface area contributed by atoms with Crippen molar-refractivity contribution in [2.45, 2.75) is 184 Å². The zero-order chi connectivity index (χ0) is 67.5. The lowest BCUT2D eigenvalue weighted by Gasteiger charge is -2.37. The molecule has 4 aliphatic carbocycles. The number of hydrogen-bond acceptors (Lipinski definition) is 20. The summed E-state index contributed by atoms with van der Waals surface area (Å²) in [6.07, 6.45) is 12.8. The Morgan fingerprint density at radius 3 is 0.677 bits per heavy atom. The summed E-state index contributed by atoms with van der Waals surface area (Å²) in [5.74, 6) is 0.594. The Balaban J connectivity index is 1.17. The molecule has 0 N–H and O–H groups in total. The molecule has 0 atom stereocenters. The summed E-state index contributed by atoms with van der Waals surface area (Å²) in [5.41, 5.74) is 4.04. The second kappa shape index (κ2) is 31.1. The molecule has 0 spiro atoms. The average Bonchev–Trinajstić information content (AvgIpc) is 1.82. The van der Waals surface area contributed by atoms with Gasteiger partial charge >= 0.3 is 0 Å². The molecule has 0 radical (unpaired) electrons. The van der Waals surface area contributed by atoms with Crippen molar-refractivity contribution in [3.8, 4) is 48.6 Å². The number of hydrogen-bond donors (Lipinski definition) is 0. The van der Waals surface area contributed by atoms with Crippen LogP contribution in [0.25, 0.3) is 0 Å². The van der Waals surface area contributed by atoms with Crippen LogP contribution >= 0.6 is 47.0 Å². The van der Waals surface area contributed by atoms with Gasteiger partial charge in [0.15, 0.2) is 0 Å². The number of allylic oxidation sites excluding steroid dienone is 12. The number of thioether (sulfide) groups is 4. The predicted octanol–water partition coefficient (Wildman–Crippen LogP) is 14.6. The van der Waals surface area contributed by atoms with Gasteiger partial charge in [-0.15, -0.1) is 0 Å². The Labute approximate surface area is 569 Å². The van der Waals surface area contributed by atoms with Gasteiger partial charge in [-0.2, -0.15) is 42.1 Å². The molecule has 16 nitrogen and oxygen atoms in total. The molecule has 0 bridgehead atoms. The molecular weight excluding hydrogens is 1240 g/mol. The lowest BCUT2D eigenvalue weighted by Crippen LogP contribution is -2.30. The number of likely N-dealkylation sites (tertiary alicyclic amines) is 4. The molecular formula is C73H88N12O4S4. The maximum atomic E-state index is 14.8. The van der Waals surface area contributed by atoms with E-state index in [4.69, 9.17) is 0 Å². The summed E-state index contributed by atoms with van der Waals surface area (Å²) in [4.78, 5) is 67.8. The van der Waals surface area contributed by atoms with Crippen molar-refractivity contribution in [1.82, 2.24) is 19.6 Å². The molecule has 93 heavy (non-hydrogen) atoms. The summed E-state index contributed by atoms with van der Waals surface area (Å²) < 4.78 is 0. The van der Waals surface area contributed by atoms with Crippen LogP contribution in [0.3, 0.4) is 0 Å². The van der Waals surface area contributed by atoms with E-state index in [1.807, 2.05) is 0 Å². The fourth-order valence-corrected chi connectivity index (χ4v) is 19.4. The van der Waals surface area contributed by atoms with Gasteiger partial charge in [0, 0.05) is 98.2 Å². The van der Waals surface area contributed by atoms with Crippen LogP contribution in [-0.2, 0) is 19.2 Å². The van der Waals surface area contributed by atoms with Gasteiger partial charge in [0.25, 0.3) is 0 Å². The van der Waals surface area contributed by atoms with Crippen molar-refractivity contribution in [1.29, 1.82) is 42.1 Å². The minimum absolute atomic E-state index is 0.0833. The Hall–Kier alpha value is -6.88. The summed E-state index contributed by atoms with van der Waals surface area (Å²) in [7, 11) is 0. The van der Waals surface area contributed by atoms with E-state index in [2.05, 4.69) is 124 Å². The molecule has 0 aromatic carbocycles. The van der Waals surface area contributed by atoms with Crippen molar-refractivity contribution < 1.29 is 19.2 Å². The van der Waals surface area contributed by atoms with Crippen LogP contribution in [0.15, 0.2) is 89.7 Å². The highest BCUT2D eigenvalue weighted by Gasteiger charge is 2.42. The Morgan fingerprint density at radius 2 is 0.516 bits per heavy atom. The number of rotatable bonds is 20. The Bertz CT molecular complexity index is 3180. The SMILES string of the molecule is CC1(C)CC(N2CCCC2)=C(C#N)/C(=C(/C#N)C(=O)SCCC(CCSC(=O)/C(C#N)=C2\CC(C)(C)CC(N3CCCC3)=C2C#N)(CCSC(=O)/C(C#N)=C2\CC(C)(C)CC(N3CCCC3)=C2C#N)CCSC(=O)/C(C#N)=C2\CC(C)(C)CC(N3CCCC3)=C2C#N)C1. The molecule has 8 aliphatic rings. The van der Waals surface area contributed by atoms with Crippen molar-refractivity contribution in [2.24, 2.45) is 27.1 Å². The average molecular weight is 1330 g/mol. The fraction of sp³-hybridized carbons (Fsp3) is 0.616. The molecule has 4 aliphatic heterocycles. The minimum Gasteiger partial charge on any atom is -0.374 e. The van der Waals surface area contributed by atoms with E-state index in [0.29, 0.717) is 96.0 Å². The summed E-state index contributed by atoms with van der Waals surface area (Å²) in [6, 6.07) is 18.4. The van der Waals surface area contributed by atoms with Gasteiger partial charge in [-0.05, 0) is 178 Å². The molecule has 4 saturated heterocycles. The topological polar surface area (TPSA) is 272 Å². The normalized spacial score (nSPS) is 23.2. The first-order chi connectivity index (χ1) is 44.3. The van der Waals surface area contributed by atoms with Crippen LogP contribution in [-0.4, -0.2) is 115 Å². The van der Waals surface area contributed by atoms with E-state index in [-0.39, 0.29) is 92.6 Å². The van der Waals surface area contributed by atoms with Crippen molar-refractivity contribution >= 4 is 67.5 Å². The van der Waals surface area contributed by atoms with Gasteiger partial charge in [-0.25, -0.2) is 0 Å². The van der Waals surface area contributed by atoms with Crippen molar-refractivity contribution in [3.63, 3.8) is 0 Å². The van der Waals surface area contributed by atoms with Crippen LogP contribution in [0, 0.1) is 118 Å². The van der Waals surface area contributed by atoms with Crippen LogP contribution in [0.4, 0.5) is 0 Å². The summed E-state index contributed by atoms with van der Waals surface area (Å²) in [6.45, 7) is 22.9. The van der Waals surface area contributed by atoms with E-state index in [9.17, 15) is 61.3 Å². The van der Waals surface area contributed by atoms with Crippen LogP contribution < -0.4 is 0 Å². The lowest BCUT2D eigenvalue weighted by molar-refractivity contribution is -0.108. The Morgan fingerprint density at radius 1 is 0.333 bits per heavy atom. The smallest absolute Gasteiger partial charge is 0.230 e. The third-order valence-electron chi connectivity index (χ3n) is 19.9. The van der Waals surface area contributed by atoms with Gasteiger partial charge in [-0.1, -0.05) is 102 Å². The monoisotopic (exact) mass is 1320 g/mol. The third-order valence-corrected chi connectivity index (χ3v) is 23.4. The first-order valence-electron chi connectivity index (χ1n) is 33.1. The van der Waals surface area contributed by atoms with Gasteiger partial charge < -0.3 is 19.6 Å². The van der Waals surface area contributed by atoms with Crippen molar-refractivity contribution in [2.75, 3.05) is 75.4 Å². The number of nitrogens with zero attached hydrogens (tertiary/aromatic N) is 12. The van der Waals surface area contributed by atoms with Crippen LogP contribution in [0.2, 0.25) is 0 Å². The molecule has 4 heterocycles. The fourth-order valence-electron chi connectivity index (χ4n) is 15.2. The number of carbonyl (C=O) groups is 4. The maximum Gasteiger partial charge on any atom is 0.230 e. The zero-order valence-electron chi connectivity index (χ0n) is 55.8. The van der Waals surface area contributed by atoms with E-state index in [1.165, 1.54) is 0 Å². The van der Waals surface area contributed by atoms with Gasteiger partial charge in [0.1, 0.15) is 70.8 Å². The molecule has 0 saturated carbocycles. The largest absolute Gasteiger partial charge is 0.374 e. The molecule has 488 valence electrons. The second-order valence-electron chi connectivity index (χ2n) is 29.5. The van der Waals surface area contributed by atoms with Gasteiger partial charge in [-0.3, -0.25) is 19.2 Å². The van der Waals surface area contributed by atoms with E-state index < -0.39 is 25.9 Å². The van der Waals surface area contributed by atoms with Gasteiger partial charge in [0.05, 0.1) is 22.3 Å². The molecule has 4 fully saturated rings. The highest BCUT2D eigenvalue weighted by Crippen LogP contribution is 2.51. The molecule has 20 heteroatoms. The molecule has 8 rings (SSSR count). The van der Waals surface area contributed by atoms with Crippen LogP contribution in [0.1, 0.15) is 184 Å².